The van der Waals surface area contributed by atoms with Gasteiger partial charge in [0, 0.05) is 18.1 Å². The molecule has 0 aliphatic heterocycles. The Labute approximate surface area is 136 Å². The van der Waals surface area contributed by atoms with Crippen LogP contribution in [0.25, 0.3) is 0 Å². The summed E-state index contributed by atoms with van der Waals surface area (Å²) in [6.45, 7) is 2.07. The van der Waals surface area contributed by atoms with Crippen LogP contribution in [0.4, 0.5) is 5.69 Å². The summed E-state index contributed by atoms with van der Waals surface area (Å²) < 4.78 is 2.08. The maximum absolute atomic E-state index is 12.5. The Morgan fingerprint density at radius 1 is 1.00 bits per heavy atom. The molecule has 3 rings (SSSR count). The molecule has 3 heteroatoms. The Balaban J connectivity index is 1.81. The summed E-state index contributed by atoms with van der Waals surface area (Å²) in [5.41, 5.74) is 3.17. The maximum Gasteiger partial charge on any atom is 0.226 e. The van der Waals surface area contributed by atoms with Crippen molar-refractivity contribution in [3.63, 3.8) is 0 Å². The molecule has 3 aromatic rings. The van der Waals surface area contributed by atoms with Gasteiger partial charge in [-0.1, -0.05) is 48.0 Å². The minimum Gasteiger partial charge on any atom is -0.346 e. The van der Waals surface area contributed by atoms with E-state index in [4.69, 9.17) is 0 Å². The summed E-state index contributed by atoms with van der Waals surface area (Å²) in [5.74, 6) is 0.0106. The number of amides is 1. The van der Waals surface area contributed by atoms with Crippen molar-refractivity contribution in [2.75, 3.05) is 5.32 Å². The second-order valence-corrected chi connectivity index (χ2v) is 5.68. The van der Waals surface area contributed by atoms with Crippen LogP contribution in [0.15, 0.2) is 79.1 Å². The third-order valence-corrected chi connectivity index (χ3v) is 3.85. The molecule has 0 bridgehead atoms. The van der Waals surface area contributed by atoms with Crippen molar-refractivity contribution in [2.24, 2.45) is 0 Å². The van der Waals surface area contributed by atoms with Crippen molar-refractivity contribution in [1.82, 2.24) is 4.57 Å². The normalized spacial score (nSPS) is 11.9. The monoisotopic (exact) mass is 304 g/mol. The fourth-order valence-corrected chi connectivity index (χ4v) is 2.74. The van der Waals surface area contributed by atoms with Gasteiger partial charge in [-0.25, -0.2) is 0 Å². The van der Waals surface area contributed by atoms with Crippen molar-refractivity contribution in [1.29, 1.82) is 0 Å². The van der Waals surface area contributed by atoms with Crippen molar-refractivity contribution in [3.05, 3.63) is 90.3 Å². The van der Waals surface area contributed by atoms with Crippen molar-refractivity contribution in [3.8, 4) is 0 Å². The summed E-state index contributed by atoms with van der Waals surface area (Å²) in [5, 5.41) is 2.97. The molecule has 116 valence electrons. The molecule has 1 amide bonds. The van der Waals surface area contributed by atoms with E-state index in [-0.39, 0.29) is 11.9 Å². The van der Waals surface area contributed by atoms with Crippen LogP contribution in [0.2, 0.25) is 0 Å². The van der Waals surface area contributed by atoms with E-state index in [1.165, 1.54) is 5.56 Å². The number of nitrogens with one attached hydrogen (secondary N) is 1. The van der Waals surface area contributed by atoms with Gasteiger partial charge in [0.05, 0.1) is 12.5 Å². The summed E-state index contributed by atoms with van der Waals surface area (Å²) in [4.78, 5) is 12.5. The van der Waals surface area contributed by atoms with Crippen LogP contribution in [0.5, 0.6) is 0 Å². The SMILES string of the molecule is Cc1cccc([C@H](CC(=O)Nc2ccccc2)n2cccc2)c1. The van der Waals surface area contributed by atoms with Crippen LogP contribution in [0.1, 0.15) is 23.6 Å². The summed E-state index contributed by atoms with van der Waals surface area (Å²) >= 11 is 0. The summed E-state index contributed by atoms with van der Waals surface area (Å²) in [6.07, 6.45) is 4.40. The first-order chi connectivity index (χ1) is 11.2. The molecule has 0 fully saturated rings. The van der Waals surface area contributed by atoms with Gasteiger partial charge in [0.2, 0.25) is 5.91 Å². The lowest BCUT2D eigenvalue weighted by atomic mass is 10.0. The quantitative estimate of drug-likeness (QED) is 0.744. The first-order valence-corrected chi connectivity index (χ1v) is 7.76. The van der Waals surface area contributed by atoms with Crippen LogP contribution in [0.3, 0.4) is 0 Å². The maximum atomic E-state index is 12.5. The fraction of sp³-hybridized carbons (Fsp3) is 0.150. The van der Waals surface area contributed by atoms with Gasteiger partial charge in [-0.2, -0.15) is 0 Å². The standard InChI is InChI=1S/C20H20N2O/c1-16-8-7-9-17(14-16)19(22-12-5-6-13-22)15-20(23)21-18-10-3-2-4-11-18/h2-14,19H,15H2,1H3,(H,21,23)/t19-/m0/s1. The second-order valence-electron chi connectivity index (χ2n) is 5.68. The average molecular weight is 304 g/mol. The zero-order chi connectivity index (χ0) is 16.1. The van der Waals surface area contributed by atoms with Crippen LogP contribution < -0.4 is 5.32 Å². The number of aryl methyl sites for hydroxylation is 1. The molecule has 0 spiro atoms. The van der Waals surface area contributed by atoms with Crippen molar-refractivity contribution >= 4 is 11.6 Å². The van der Waals surface area contributed by atoms with Gasteiger partial charge >= 0.3 is 0 Å². The topological polar surface area (TPSA) is 34.0 Å². The predicted molar refractivity (Wildman–Crippen MR) is 93.4 cm³/mol. The van der Waals surface area contributed by atoms with Crippen LogP contribution in [0, 0.1) is 6.92 Å². The number of carbonyl (C=O) groups excluding carboxylic acids is 1. The first-order valence-electron chi connectivity index (χ1n) is 7.76. The molecule has 1 heterocycles. The highest BCUT2D eigenvalue weighted by atomic mass is 16.1. The van der Waals surface area contributed by atoms with Gasteiger partial charge in [-0.3, -0.25) is 4.79 Å². The molecule has 2 aromatic carbocycles. The van der Waals surface area contributed by atoms with Gasteiger partial charge < -0.3 is 9.88 Å². The Morgan fingerprint density at radius 2 is 1.74 bits per heavy atom. The minimum atomic E-state index is -0.00591. The van der Waals surface area contributed by atoms with Crippen LogP contribution in [-0.4, -0.2) is 10.5 Å². The number of benzene rings is 2. The van der Waals surface area contributed by atoms with E-state index in [1.807, 2.05) is 60.9 Å². The number of nitrogens with zero attached hydrogens (tertiary/aromatic N) is 1. The molecule has 23 heavy (non-hydrogen) atoms. The zero-order valence-corrected chi connectivity index (χ0v) is 13.1. The molecular weight excluding hydrogens is 284 g/mol. The lowest BCUT2D eigenvalue weighted by Gasteiger charge is -2.20. The number of anilines is 1. The van der Waals surface area contributed by atoms with E-state index in [9.17, 15) is 4.79 Å². The number of hydrogen-bond donors (Lipinski definition) is 1. The molecule has 3 nitrogen and oxygen atoms in total. The lowest BCUT2D eigenvalue weighted by Crippen LogP contribution is -2.19. The summed E-state index contributed by atoms with van der Waals surface area (Å²) in [7, 11) is 0. The molecular formula is C20H20N2O. The molecule has 0 aliphatic rings. The first kappa shape index (κ1) is 15.1. The van der Waals surface area contributed by atoms with E-state index in [0.717, 1.165) is 11.3 Å². The van der Waals surface area contributed by atoms with Gasteiger partial charge in [0.25, 0.3) is 0 Å². The highest BCUT2D eigenvalue weighted by molar-refractivity contribution is 5.91. The number of aromatic nitrogens is 1. The third kappa shape index (κ3) is 3.89. The van der Waals surface area contributed by atoms with Crippen molar-refractivity contribution < 1.29 is 4.79 Å². The highest BCUT2D eigenvalue weighted by Gasteiger charge is 2.17. The zero-order valence-electron chi connectivity index (χ0n) is 13.1. The third-order valence-electron chi connectivity index (χ3n) is 3.85. The van der Waals surface area contributed by atoms with E-state index in [1.54, 1.807) is 0 Å². The van der Waals surface area contributed by atoms with Gasteiger partial charge in [0.15, 0.2) is 0 Å². The Bertz CT molecular complexity index is 763. The Morgan fingerprint density at radius 3 is 2.43 bits per heavy atom. The van der Waals surface area contributed by atoms with Crippen LogP contribution in [-0.2, 0) is 4.79 Å². The van der Waals surface area contributed by atoms with E-state index in [2.05, 4.69) is 35.0 Å². The predicted octanol–water partition coefficient (Wildman–Crippen LogP) is 4.41. The molecule has 0 unspecified atom stereocenters. The molecule has 1 aromatic heterocycles. The Hall–Kier alpha value is -2.81. The molecule has 1 N–H and O–H groups in total. The number of carbonyl (C=O) groups is 1. The smallest absolute Gasteiger partial charge is 0.226 e. The molecule has 0 radical (unpaired) electrons. The second kappa shape index (κ2) is 6.97. The van der Waals surface area contributed by atoms with Gasteiger partial charge in [-0.15, -0.1) is 0 Å². The van der Waals surface area contributed by atoms with Gasteiger partial charge in [-0.05, 0) is 36.8 Å². The number of para-hydroxylation sites is 1. The molecule has 0 saturated carbocycles. The highest BCUT2D eigenvalue weighted by Crippen LogP contribution is 2.24. The van der Waals surface area contributed by atoms with Gasteiger partial charge in [0.1, 0.15) is 0 Å². The van der Waals surface area contributed by atoms with Crippen molar-refractivity contribution in [2.45, 2.75) is 19.4 Å². The molecule has 0 aliphatic carbocycles. The number of hydrogen-bond acceptors (Lipinski definition) is 1. The summed E-state index contributed by atoms with van der Waals surface area (Å²) in [6, 6.07) is 21.9. The van der Waals surface area contributed by atoms with E-state index in [0.29, 0.717) is 6.42 Å². The minimum absolute atomic E-state index is 0.00591. The Kier molecular flexibility index (Phi) is 4.57. The van der Waals surface area contributed by atoms with E-state index >= 15 is 0 Å². The largest absolute Gasteiger partial charge is 0.346 e. The number of rotatable bonds is 5. The fourth-order valence-electron chi connectivity index (χ4n) is 2.74. The lowest BCUT2D eigenvalue weighted by molar-refractivity contribution is -0.116. The molecule has 1 atom stereocenters. The molecule has 0 saturated heterocycles. The van der Waals surface area contributed by atoms with E-state index < -0.39 is 0 Å². The van der Waals surface area contributed by atoms with Crippen LogP contribution >= 0.6 is 0 Å². The average Bonchev–Trinajstić information content (AvgIpc) is 3.08.